The number of aryl methyl sites for hydroxylation is 2. The van der Waals surface area contributed by atoms with Gasteiger partial charge in [-0.3, -0.25) is 4.79 Å². The van der Waals surface area contributed by atoms with Crippen LogP contribution < -0.4 is 0 Å². The van der Waals surface area contributed by atoms with Crippen molar-refractivity contribution in [2.75, 3.05) is 0 Å². The van der Waals surface area contributed by atoms with Crippen LogP contribution in [0.3, 0.4) is 0 Å². The highest BCUT2D eigenvalue weighted by Gasteiger charge is 2.32. The molecule has 0 saturated heterocycles. The van der Waals surface area contributed by atoms with E-state index in [0.717, 1.165) is 12.1 Å². The average Bonchev–Trinajstić information content (AvgIpc) is 3.33. The van der Waals surface area contributed by atoms with E-state index in [4.69, 9.17) is 4.74 Å². The van der Waals surface area contributed by atoms with E-state index in [1.165, 1.54) is 39.3 Å². The molecule has 1 aliphatic rings. The Balaban J connectivity index is 1.43. The van der Waals surface area contributed by atoms with Gasteiger partial charge < -0.3 is 9.30 Å². The highest BCUT2D eigenvalue weighted by molar-refractivity contribution is 6.08. The first-order valence-electron chi connectivity index (χ1n) is 10.2. The molecule has 0 spiro atoms. The minimum atomic E-state index is -0.503. The standard InChI is InChI=1S/C25H23N3O2/c1-17-11-13-19(14-12-17)25-28(18(2)29)26-24(30-25)15-16-27-22-9-5-3-7-20(22)21-8-4-6-10-23(21)27/h3-14,25H,15-16H2,1-2H3/t25-/m0/s1. The molecule has 0 unspecified atom stereocenters. The quantitative estimate of drug-likeness (QED) is 0.464. The Hall–Kier alpha value is -3.60. The van der Waals surface area contributed by atoms with Crippen molar-refractivity contribution < 1.29 is 9.53 Å². The monoisotopic (exact) mass is 397 g/mol. The maximum absolute atomic E-state index is 12.2. The Bertz CT molecular complexity index is 1220. The summed E-state index contributed by atoms with van der Waals surface area (Å²) < 4.78 is 8.42. The van der Waals surface area contributed by atoms with Gasteiger partial charge in [0.05, 0.1) is 0 Å². The minimum absolute atomic E-state index is 0.132. The number of hydrogen-bond donors (Lipinski definition) is 0. The number of amides is 1. The van der Waals surface area contributed by atoms with Crippen LogP contribution in [0.4, 0.5) is 0 Å². The summed E-state index contributed by atoms with van der Waals surface area (Å²) in [6, 6.07) is 24.9. The molecule has 0 aliphatic carbocycles. The fraction of sp³-hybridized carbons (Fsp3) is 0.200. The predicted octanol–water partition coefficient (Wildman–Crippen LogP) is 5.38. The summed E-state index contributed by atoms with van der Waals surface area (Å²) in [5.74, 6) is 0.449. The van der Waals surface area contributed by atoms with Crippen molar-refractivity contribution in [1.29, 1.82) is 0 Å². The van der Waals surface area contributed by atoms with Gasteiger partial charge in [0, 0.05) is 47.3 Å². The van der Waals surface area contributed by atoms with Gasteiger partial charge in [0.15, 0.2) is 0 Å². The van der Waals surface area contributed by atoms with Crippen LogP contribution in [0.15, 0.2) is 77.9 Å². The van der Waals surface area contributed by atoms with Crippen molar-refractivity contribution >= 4 is 33.6 Å². The molecule has 5 rings (SSSR count). The van der Waals surface area contributed by atoms with Crippen LogP contribution in [0.25, 0.3) is 21.8 Å². The van der Waals surface area contributed by atoms with Gasteiger partial charge in [0.2, 0.25) is 18.0 Å². The third-order valence-electron chi connectivity index (χ3n) is 5.60. The molecule has 1 atom stereocenters. The normalized spacial score (nSPS) is 16.1. The lowest BCUT2D eigenvalue weighted by Gasteiger charge is -2.19. The molecular weight excluding hydrogens is 374 g/mol. The molecule has 0 radical (unpaired) electrons. The van der Waals surface area contributed by atoms with Crippen LogP contribution in [0.5, 0.6) is 0 Å². The number of nitrogens with zero attached hydrogens (tertiary/aromatic N) is 3. The third kappa shape index (κ3) is 3.12. The molecule has 0 bridgehead atoms. The second kappa shape index (κ2) is 7.34. The second-order valence-electron chi connectivity index (χ2n) is 7.67. The van der Waals surface area contributed by atoms with Crippen LogP contribution in [-0.2, 0) is 16.1 Å². The zero-order valence-electron chi connectivity index (χ0n) is 17.1. The molecule has 1 aliphatic heterocycles. The Labute approximate surface area is 175 Å². The van der Waals surface area contributed by atoms with Gasteiger partial charge in [0.25, 0.3) is 0 Å². The summed E-state index contributed by atoms with van der Waals surface area (Å²) in [4.78, 5) is 12.2. The second-order valence-corrected chi connectivity index (χ2v) is 7.67. The van der Waals surface area contributed by atoms with Crippen LogP contribution in [0, 0.1) is 6.92 Å². The Morgan fingerprint density at radius 3 is 2.13 bits per heavy atom. The molecular formula is C25H23N3O2. The first kappa shape index (κ1) is 18.4. The summed E-state index contributed by atoms with van der Waals surface area (Å²) in [5, 5.41) is 8.41. The fourth-order valence-electron chi connectivity index (χ4n) is 4.11. The van der Waals surface area contributed by atoms with E-state index < -0.39 is 6.23 Å². The molecule has 150 valence electrons. The average molecular weight is 397 g/mol. The number of carbonyl (C=O) groups excluding carboxylic acids is 1. The molecule has 30 heavy (non-hydrogen) atoms. The number of hydrogen-bond acceptors (Lipinski definition) is 3. The molecule has 5 nitrogen and oxygen atoms in total. The lowest BCUT2D eigenvalue weighted by atomic mass is 10.1. The Kier molecular flexibility index (Phi) is 4.51. The first-order valence-corrected chi connectivity index (χ1v) is 10.2. The van der Waals surface area contributed by atoms with E-state index in [0.29, 0.717) is 12.3 Å². The SMILES string of the molecule is CC(=O)N1N=C(CCn2c3ccccc3c3ccccc32)O[C@H]1c1ccc(C)cc1. The molecule has 1 aromatic heterocycles. The van der Waals surface area contributed by atoms with Crippen molar-refractivity contribution in [3.63, 3.8) is 0 Å². The van der Waals surface area contributed by atoms with Crippen LogP contribution in [0.2, 0.25) is 0 Å². The van der Waals surface area contributed by atoms with E-state index in [2.05, 4.69) is 58.2 Å². The number of aromatic nitrogens is 1. The molecule has 0 saturated carbocycles. The van der Waals surface area contributed by atoms with E-state index in [1.807, 2.05) is 31.2 Å². The topological polar surface area (TPSA) is 46.8 Å². The lowest BCUT2D eigenvalue weighted by Crippen LogP contribution is -2.25. The number of fused-ring (bicyclic) bond motifs is 3. The molecule has 3 aromatic carbocycles. The van der Waals surface area contributed by atoms with Crippen LogP contribution >= 0.6 is 0 Å². The lowest BCUT2D eigenvalue weighted by molar-refractivity contribution is -0.135. The summed E-state index contributed by atoms with van der Waals surface area (Å²) in [7, 11) is 0. The van der Waals surface area contributed by atoms with Gasteiger partial charge in [-0.2, -0.15) is 5.01 Å². The number of benzene rings is 3. The molecule has 5 heteroatoms. The Morgan fingerprint density at radius 1 is 0.933 bits per heavy atom. The number of rotatable bonds is 4. The highest BCUT2D eigenvalue weighted by atomic mass is 16.5. The zero-order valence-corrected chi connectivity index (χ0v) is 17.1. The molecule has 0 fully saturated rings. The van der Waals surface area contributed by atoms with Crippen molar-refractivity contribution in [2.45, 2.75) is 33.0 Å². The number of para-hydroxylation sites is 2. The Morgan fingerprint density at radius 2 is 1.53 bits per heavy atom. The largest absolute Gasteiger partial charge is 0.449 e. The van der Waals surface area contributed by atoms with Crippen molar-refractivity contribution in [1.82, 2.24) is 9.58 Å². The summed E-state index contributed by atoms with van der Waals surface area (Å²) in [5.41, 5.74) is 4.47. The van der Waals surface area contributed by atoms with Gasteiger partial charge in [-0.1, -0.05) is 66.2 Å². The van der Waals surface area contributed by atoms with Gasteiger partial charge in [0.1, 0.15) is 0 Å². The van der Waals surface area contributed by atoms with Gasteiger partial charge in [-0.05, 0) is 19.1 Å². The first-order chi connectivity index (χ1) is 14.6. The van der Waals surface area contributed by atoms with Crippen molar-refractivity contribution in [3.05, 3.63) is 83.9 Å². The van der Waals surface area contributed by atoms with Gasteiger partial charge >= 0.3 is 0 Å². The molecule has 0 N–H and O–H groups in total. The maximum Gasteiger partial charge on any atom is 0.243 e. The van der Waals surface area contributed by atoms with Crippen LogP contribution in [-0.4, -0.2) is 21.4 Å². The zero-order chi connectivity index (χ0) is 20.7. The van der Waals surface area contributed by atoms with Crippen LogP contribution in [0.1, 0.15) is 30.7 Å². The maximum atomic E-state index is 12.2. The minimum Gasteiger partial charge on any atom is -0.449 e. The summed E-state index contributed by atoms with van der Waals surface area (Å²) >= 11 is 0. The molecule has 4 aromatic rings. The number of hydrazone groups is 1. The van der Waals surface area contributed by atoms with E-state index in [1.54, 1.807) is 0 Å². The number of ether oxygens (including phenoxy) is 1. The van der Waals surface area contributed by atoms with E-state index >= 15 is 0 Å². The summed E-state index contributed by atoms with van der Waals surface area (Å²) in [6.07, 6.45) is 0.102. The molecule has 2 heterocycles. The number of carbonyl (C=O) groups is 1. The van der Waals surface area contributed by atoms with E-state index in [-0.39, 0.29) is 5.91 Å². The third-order valence-corrected chi connectivity index (χ3v) is 5.60. The smallest absolute Gasteiger partial charge is 0.243 e. The van der Waals surface area contributed by atoms with Gasteiger partial charge in [-0.15, -0.1) is 5.10 Å². The van der Waals surface area contributed by atoms with E-state index in [9.17, 15) is 4.79 Å². The highest BCUT2D eigenvalue weighted by Crippen LogP contribution is 2.31. The van der Waals surface area contributed by atoms with Gasteiger partial charge in [-0.25, -0.2) is 0 Å². The summed E-state index contributed by atoms with van der Waals surface area (Å²) in [6.45, 7) is 4.28. The van der Waals surface area contributed by atoms with Crippen molar-refractivity contribution in [3.8, 4) is 0 Å². The van der Waals surface area contributed by atoms with Crippen molar-refractivity contribution in [2.24, 2.45) is 5.10 Å². The predicted molar refractivity (Wildman–Crippen MR) is 119 cm³/mol. The molecule has 1 amide bonds. The fourth-order valence-corrected chi connectivity index (χ4v) is 4.11.